The summed E-state index contributed by atoms with van der Waals surface area (Å²) in [5.74, 6) is 1.83. The maximum absolute atomic E-state index is 12.5. The van der Waals surface area contributed by atoms with Crippen LogP contribution in [0, 0.1) is 17.8 Å². The van der Waals surface area contributed by atoms with Crippen LogP contribution < -0.4 is 10.6 Å². The molecule has 1 aromatic carbocycles. The second-order valence-corrected chi connectivity index (χ2v) is 7.81. The fraction of sp³-hybridized carbons (Fsp3) is 0.650. The molecule has 3 unspecified atom stereocenters. The molecule has 1 aromatic rings. The van der Waals surface area contributed by atoms with E-state index in [1.807, 2.05) is 7.05 Å². The standard InChI is InChI=1S/C20H31N3O/c1-14(2)19(21-3)20(24)22-18-10-9-16-12-23(13-17(16)18)11-15-7-5-4-6-8-15/h4-8,14,16-19,21H,9-13H2,1-3H3,(H,22,24)/t16-,17?,18?,19?/m0/s1. The van der Waals surface area contributed by atoms with Crippen LogP contribution >= 0.6 is 0 Å². The van der Waals surface area contributed by atoms with E-state index in [9.17, 15) is 4.79 Å². The fourth-order valence-electron chi connectivity index (χ4n) is 4.55. The average Bonchev–Trinajstić information content (AvgIpc) is 3.10. The molecule has 24 heavy (non-hydrogen) atoms. The van der Waals surface area contributed by atoms with Crippen molar-refractivity contribution in [2.75, 3.05) is 20.1 Å². The van der Waals surface area contributed by atoms with Crippen LogP contribution in [0.3, 0.4) is 0 Å². The molecule has 1 heterocycles. The molecule has 132 valence electrons. The Hall–Kier alpha value is -1.39. The Morgan fingerprint density at radius 1 is 1.21 bits per heavy atom. The first-order valence-electron chi connectivity index (χ1n) is 9.32. The molecule has 1 saturated heterocycles. The maximum Gasteiger partial charge on any atom is 0.237 e. The Bertz CT molecular complexity index is 545. The summed E-state index contributed by atoms with van der Waals surface area (Å²) in [7, 11) is 1.87. The summed E-state index contributed by atoms with van der Waals surface area (Å²) in [6.45, 7) is 7.49. The lowest BCUT2D eigenvalue weighted by Crippen LogP contribution is -2.50. The number of benzene rings is 1. The van der Waals surface area contributed by atoms with Crippen LogP contribution in [0.25, 0.3) is 0 Å². The van der Waals surface area contributed by atoms with Crippen LogP contribution in [-0.4, -0.2) is 43.0 Å². The Labute approximate surface area is 146 Å². The lowest BCUT2D eigenvalue weighted by molar-refractivity contribution is -0.125. The van der Waals surface area contributed by atoms with E-state index in [0.29, 0.717) is 17.9 Å². The molecule has 2 N–H and O–H groups in total. The van der Waals surface area contributed by atoms with Crippen LogP contribution in [-0.2, 0) is 11.3 Å². The van der Waals surface area contributed by atoms with Crippen LogP contribution in [0.2, 0.25) is 0 Å². The molecule has 4 atom stereocenters. The molecule has 2 fully saturated rings. The van der Waals surface area contributed by atoms with Crippen LogP contribution in [0.1, 0.15) is 32.3 Å². The van der Waals surface area contributed by atoms with E-state index in [2.05, 4.69) is 59.7 Å². The monoisotopic (exact) mass is 329 g/mol. The smallest absolute Gasteiger partial charge is 0.237 e. The van der Waals surface area contributed by atoms with Gasteiger partial charge in [0.15, 0.2) is 0 Å². The lowest BCUT2D eigenvalue weighted by atomic mass is 9.97. The minimum atomic E-state index is -0.0918. The van der Waals surface area contributed by atoms with E-state index in [1.54, 1.807) is 0 Å². The summed E-state index contributed by atoms with van der Waals surface area (Å²) in [5.41, 5.74) is 1.38. The van der Waals surface area contributed by atoms with Crippen molar-refractivity contribution in [1.29, 1.82) is 0 Å². The summed E-state index contributed by atoms with van der Waals surface area (Å²) >= 11 is 0. The largest absolute Gasteiger partial charge is 0.352 e. The van der Waals surface area contributed by atoms with Gasteiger partial charge in [-0.3, -0.25) is 9.69 Å². The molecule has 0 aromatic heterocycles. The average molecular weight is 329 g/mol. The number of carbonyl (C=O) groups excluding carboxylic acids is 1. The van der Waals surface area contributed by atoms with E-state index < -0.39 is 0 Å². The number of likely N-dealkylation sites (tertiary alicyclic amines) is 1. The van der Waals surface area contributed by atoms with Gasteiger partial charge in [0.05, 0.1) is 6.04 Å². The zero-order valence-electron chi connectivity index (χ0n) is 15.2. The Morgan fingerprint density at radius 2 is 1.96 bits per heavy atom. The Kier molecular flexibility index (Phi) is 5.57. The maximum atomic E-state index is 12.5. The van der Waals surface area contributed by atoms with Gasteiger partial charge in [0.1, 0.15) is 0 Å². The Balaban J connectivity index is 1.56. The zero-order valence-corrected chi connectivity index (χ0v) is 15.2. The number of nitrogens with zero attached hydrogens (tertiary/aromatic N) is 1. The van der Waals surface area contributed by atoms with E-state index in [0.717, 1.165) is 25.4 Å². The van der Waals surface area contributed by atoms with Gasteiger partial charge in [0, 0.05) is 25.7 Å². The molecule has 1 aliphatic heterocycles. The first-order chi connectivity index (χ1) is 11.6. The van der Waals surface area contributed by atoms with Gasteiger partial charge in [-0.25, -0.2) is 0 Å². The molecule has 2 aliphatic rings. The van der Waals surface area contributed by atoms with Crippen molar-refractivity contribution in [2.45, 2.75) is 45.3 Å². The molecular weight excluding hydrogens is 298 g/mol. The molecule has 1 amide bonds. The summed E-state index contributed by atoms with van der Waals surface area (Å²) in [6, 6.07) is 10.9. The third kappa shape index (κ3) is 3.81. The van der Waals surface area contributed by atoms with E-state index in [-0.39, 0.29) is 11.9 Å². The molecule has 3 rings (SSSR count). The third-order valence-electron chi connectivity index (χ3n) is 5.77. The molecule has 4 nitrogen and oxygen atoms in total. The molecule has 1 saturated carbocycles. The van der Waals surface area contributed by atoms with Crippen molar-refractivity contribution in [1.82, 2.24) is 15.5 Å². The van der Waals surface area contributed by atoms with Gasteiger partial charge >= 0.3 is 0 Å². The summed E-state index contributed by atoms with van der Waals surface area (Å²) < 4.78 is 0. The molecular formula is C20H31N3O. The third-order valence-corrected chi connectivity index (χ3v) is 5.77. The summed E-state index contributed by atoms with van der Waals surface area (Å²) in [4.78, 5) is 15.1. The second kappa shape index (κ2) is 7.66. The first kappa shape index (κ1) is 17.4. The number of amides is 1. The first-order valence-corrected chi connectivity index (χ1v) is 9.32. The quantitative estimate of drug-likeness (QED) is 0.841. The van der Waals surface area contributed by atoms with Crippen LogP contribution in [0.5, 0.6) is 0 Å². The summed E-state index contributed by atoms with van der Waals surface area (Å²) in [5, 5.41) is 6.49. The highest BCUT2D eigenvalue weighted by Gasteiger charge is 2.43. The van der Waals surface area contributed by atoms with E-state index >= 15 is 0 Å². The van der Waals surface area contributed by atoms with Gasteiger partial charge in [-0.15, -0.1) is 0 Å². The van der Waals surface area contributed by atoms with Gasteiger partial charge in [-0.05, 0) is 43.2 Å². The van der Waals surface area contributed by atoms with E-state index in [4.69, 9.17) is 0 Å². The van der Waals surface area contributed by atoms with Crippen molar-refractivity contribution in [2.24, 2.45) is 17.8 Å². The van der Waals surface area contributed by atoms with Crippen molar-refractivity contribution >= 4 is 5.91 Å². The van der Waals surface area contributed by atoms with Crippen molar-refractivity contribution in [3.63, 3.8) is 0 Å². The lowest BCUT2D eigenvalue weighted by Gasteiger charge is -2.26. The Morgan fingerprint density at radius 3 is 2.62 bits per heavy atom. The van der Waals surface area contributed by atoms with Crippen LogP contribution in [0.15, 0.2) is 30.3 Å². The number of nitrogens with one attached hydrogen (secondary N) is 2. The summed E-state index contributed by atoms with van der Waals surface area (Å²) in [6.07, 6.45) is 2.38. The second-order valence-electron chi connectivity index (χ2n) is 7.81. The molecule has 0 radical (unpaired) electrons. The van der Waals surface area contributed by atoms with Crippen molar-refractivity contribution < 1.29 is 4.79 Å². The number of likely N-dealkylation sites (N-methyl/N-ethyl adjacent to an activating group) is 1. The van der Waals surface area contributed by atoms with Gasteiger partial charge in [-0.1, -0.05) is 44.2 Å². The van der Waals surface area contributed by atoms with Gasteiger partial charge in [-0.2, -0.15) is 0 Å². The van der Waals surface area contributed by atoms with Crippen molar-refractivity contribution in [3.05, 3.63) is 35.9 Å². The number of carbonyl (C=O) groups is 1. The molecule has 1 aliphatic carbocycles. The highest BCUT2D eigenvalue weighted by atomic mass is 16.2. The fourth-order valence-corrected chi connectivity index (χ4v) is 4.55. The van der Waals surface area contributed by atoms with Crippen molar-refractivity contribution in [3.8, 4) is 0 Å². The minimum absolute atomic E-state index is 0.0918. The zero-order chi connectivity index (χ0) is 17.1. The van der Waals surface area contributed by atoms with Crippen LogP contribution in [0.4, 0.5) is 0 Å². The normalized spacial score (nSPS) is 28.1. The minimum Gasteiger partial charge on any atom is -0.352 e. The molecule has 0 bridgehead atoms. The van der Waals surface area contributed by atoms with Gasteiger partial charge in [0.25, 0.3) is 0 Å². The van der Waals surface area contributed by atoms with Gasteiger partial charge < -0.3 is 10.6 Å². The molecule has 0 spiro atoms. The topological polar surface area (TPSA) is 44.4 Å². The van der Waals surface area contributed by atoms with E-state index in [1.165, 1.54) is 18.5 Å². The highest BCUT2D eigenvalue weighted by molar-refractivity contribution is 5.82. The predicted octanol–water partition coefficient (Wildman–Crippen LogP) is 2.26. The predicted molar refractivity (Wildman–Crippen MR) is 97.5 cm³/mol. The number of rotatable bonds is 6. The SMILES string of the molecule is CNC(C(=O)NC1CC[C@H]2CN(Cc3ccccc3)CC12)C(C)C. The number of hydrogen-bond acceptors (Lipinski definition) is 3. The number of hydrogen-bond donors (Lipinski definition) is 2. The number of fused-ring (bicyclic) bond motifs is 1. The van der Waals surface area contributed by atoms with Gasteiger partial charge in [0.2, 0.25) is 5.91 Å². The highest BCUT2D eigenvalue weighted by Crippen LogP contribution is 2.38. The molecule has 4 heteroatoms.